The lowest BCUT2D eigenvalue weighted by molar-refractivity contribution is 0.496. The van der Waals surface area contributed by atoms with Crippen LogP contribution < -0.4 is 4.90 Å². The summed E-state index contributed by atoms with van der Waals surface area (Å²) in [6, 6.07) is 8.70. The second-order valence-electron chi connectivity index (χ2n) is 7.37. The Hall–Kier alpha value is -1.16. The summed E-state index contributed by atoms with van der Waals surface area (Å²) < 4.78 is 4.59. The Bertz CT molecular complexity index is 792. The summed E-state index contributed by atoms with van der Waals surface area (Å²) in [5.74, 6) is 0. The molecule has 1 atom stereocenters. The van der Waals surface area contributed by atoms with E-state index in [4.69, 9.17) is 11.8 Å². The molecule has 3 heterocycles. The minimum Gasteiger partial charge on any atom is -0.346 e. The van der Waals surface area contributed by atoms with Crippen LogP contribution in [0.5, 0.6) is 0 Å². The monoisotopic (exact) mass is 360 g/mol. The molecular formula is C18H25N4PS. The maximum atomic E-state index is 6.33. The number of hydrazone groups is 1. The number of para-hydroxylation sites is 1. The topological polar surface area (TPSA) is 22.1 Å². The van der Waals surface area contributed by atoms with Crippen LogP contribution in [0.4, 0.5) is 5.69 Å². The van der Waals surface area contributed by atoms with Crippen LogP contribution in [0.1, 0.15) is 32.3 Å². The number of allylic oxidation sites excluding steroid dienone is 2. The van der Waals surface area contributed by atoms with Gasteiger partial charge in [-0.2, -0.15) is 5.10 Å². The highest BCUT2D eigenvalue weighted by molar-refractivity contribution is 8.14. The van der Waals surface area contributed by atoms with Gasteiger partial charge in [-0.1, -0.05) is 43.9 Å². The molecule has 0 spiro atoms. The van der Waals surface area contributed by atoms with Gasteiger partial charge < -0.3 is 4.90 Å². The van der Waals surface area contributed by atoms with Gasteiger partial charge in [0.2, 0.25) is 0 Å². The first-order valence-electron chi connectivity index (χ1n) is 8.60. The van der Waals surface area contributed by atoms with E-state index in [2.05, 4.69) is 71.7 Å². The number of hydrogen-bond acceptors (Lipinski definition) is 3. The summed E-state index contributed by atoms with van der Waals surface area (Å²) in [7, 11) is 4.23. The molecule has 0 bridgehead atoms. The van der Waals surface area contributed by atoms with E-state index in [9.17, 15) is 0 Å². The number of benzene rings is 1. The molecule has 1 saturated heterocycles. The Morgan fingerprint density at radius 2 is 1.79 bits per heavy atom. The first kappa shape index (κ1) is 16.3. The van der Waals surface area contributed by atoms with E-state index in [1.54, 1.807) is 0 Å². The smallest absolute Gasteiger partial charge is 0.148 e. The highest BCUT2D eigenvalue weighted by Crippen LogP contribution is 2.66. The van der Waals surface area contributed by atoms with E-state index in [1.807, 2.05) is 6.21 Å². The molecule has 0 radical (unpaired) electrons. The number of nitrogens with zero attached hydrogens (tertiary/aromatic N) is 4. The number of hydrogen-bond donors (Lipinski definition) is 0. The first-order chi connectivity index (χ1) is 11.4. The van der Waals surface area contributed by atoms with Gasteiger partial charge in [0.25, 0.3) is 0 Å². The van der Waals surface area contributed by atoms with Crippen molar-refractivity contribution < 1.29 is 0 Å². The first-order valence-corrected chi connectivity index (χ1v) is 11.3. The molecule has 4 rings (SSSR count). The minimum absolute atomic E-state index is 0.0539. The molecule has 0 N–H and O–H groups in total. The van der Waals surface area contributed by atoms with Crippen LogP contribution in [-0.4, -0.2) is 42.8 Å². The van der Waals surface area contributed by atoms with Gasteiger partial charge in [0.05, 0.1) is 11.5 Å². The zero-order valence-corrected chi connectivity index (χ0v) is 16.6. The molecule has 1 unspecified atom stereocenters. The third kappa shape index (κ3) is 2.01. The summed E-state index contributed by atoms with van der Waals surface area (Å²) in [6.07, 6.45) is 2.53. The van der Waals surface area contributed by atoms with Crippen molar-refractivity contribution >= 4 is 30.0 Å². The van der Waals surface area contributed by atoms with Crippen molar-refractivity contribution in [3.05, 3.63) is 40.8 Å². The van der Waals surface area contributed by atoms with Gasteiger partial charge in [0.15, 0.2) is 0 Å². The predicted octanol–water partition coefficient (Wildman–Crippen LogP) is 3.96. The van der Waals surface area contributed by atoms with Crippen molar-refractivity contribution in [2.24, 2.45) is 5.10 Å². The second-order valence-corrected chi connectivity index (χ2v) is 11.6. The number of fused-ring (bicyclic) bond motifs is 1. The van der Waals surface area contributed by atoms with E-state index in [0.717, 1.165) is 13.1 Å². The molecule has 0 aromatic heterocycles. The van der Waals surface area contributed by atoms with Gasteiger partial charge in [0, 0.05) is 44.0 Å². The predicted molar refractivity (Wildman–Crippen MR) is 106 cm³/mol. The summed E-state index contributed by atoms with van der Waals surface area (Å²) in [4.78, 5) is 2.34. The van der Waals surface area contributed by atoms with Gasteiger partial charge in [-0.25, -0.2) is 0 Å². The third-order valence-electron chi connectivity index (χ3n) is 5.63. The maximum Gasteiger partial charge on any atom is 0.148 e. The number of anilines is 1. The Morgan fingerprint density at radius 1 is 1.12 bits per heavy atom. The van der Waals surface area contributed by atoms with Gasteiger partial charge >= 0.3 is 0 Å². The zero-order valence-electron chi connectivity index (χ0n) is 14.9. The molecule has 0 aliphatic carbocycles. The fraction of sp³-hybridized carbons (Fsp3) is 0.500. The maximum absolute atomic E-state index is 6.33. The number of likely N-dealkylation sites (N-methyl/N-ethyl adjacent to an activating group) is 1. The van der Waals surface area contributed by atoms with Crippen LogP contribution in [0.15, 0.2) is 40.4 Å². The van der Waals surface area contributed by atoms with Crippen molar-refractivity contribution in [3.63, 3.8) is 0 Å². The van der Waals surface area contributed by atoms with Gasteiger partial charge in [0.1, 0.15) is 6.34 Å². The third-order valence-corrected chi connectivity index (χ3v) is 10.6. The Balaban J connectivity index is 1.93. The molecule has 0 amide bonds. The van der Waals surface area contributed by atoms with Crippen molar-refractivity contribution in [2.75, 3.05) is 32.1 Å². The summed E-state index contributed by atoms with van der Waals surface area (Å²) in [5.41, 5.74) is 3.94. The molecule has 1 aromatic carbocycles. The standard InChI is InChI=1S/C18H25N4PS/c1-18(2)14-9-5-6-10-15(14)20(3)17(18)16-13-19-21(4)23(16,24)22-11-7-8-12-22/h5-6,9-10,13H,7-8,11-12H2,1-4H3/b17-16+. The lowest BCUT2D eigenvalue weighted by Crippen LogP contribution is -2.29. The average molecular weight is 360 g/mol. The van der Waals surface area contributed by atoms with Gasteiger partial charge in [-0.15, -0.1) is 0 Å². The van der Waals surface area contributed by atoms with Crippen LogP contribution in [-0.2, 0) is 17.2 Å². The minimum atomic E-state index is -2.00. The van der Waals surface area contributed by atoms with Crippen LogP contribution in [0.2, 0.25) is 0 Å². The fourth-order valence-electron chi connectivity index (χ4n) is 4.40. The number of rotatable bonds is 1. The molecule has 3 aliphatic rings. The summed E-state index contributed by atoms with van der Waals surface area (Å²) in [6.45, 7) is 6.82. The molecule has 6 heteroatoms. The van der Waals surface area contributed by atoms with E-state index in [0.29, 0.717) is 0 Å². The van der Waals surface area contributed by atoms with Crippen LogP contribution in [0.3, 0.4) is 0 Å². The Morgan fingerprint density at radius 3 is 2.46 bits per heavy atom. The van der Waals surface area contributed by atoms with E-state index >= 15 is 0 Å². The molecule has 1 fully saturated rings. The van der Waals surface area contributed by atoms with E-state index in [1.165, 1.54) is 35.1 Å². The average Bonchev–Trinajstić information content (AvgIpc) is 3.23. The Labute approximate surface area is 149 Å². The molecule has 128 valence electrons. The van der Waals surface area contributed by atoms with Crippen LogP contribution >= 0.6 is 6.34 Å². The quantitative estimate of drug-likeness (QED) is 0.707. The van der Waals surface area contributed by atoms with Crippen LogP contribution in [0, 0.1) is 0 Å². The lowest BCUT2D eigenvalue weighted by atomic mass is 9.84. The molecule has 1 aromatic rings. The fourth-order valence-corrected chi connectivity index (χ4v) is 8.32. The SMILES string of the molecule is CN1/C(=C2\C=NN(C)P2(=S)N2CCCC2)C(C)(C)c2ccccc21. The van der Waals surface area contributed by atoms with Crippen LogP contribution in [0.25, 0.3) is 0 Å². The van der Waals surface area contributed by atoms with Crippen molar-refractivity contribution in [1.82, 2.24) is 9.45 Å². The van der Waals surface area contributed by atoms with Crippen molar-refractivity contribution in [2.45, 2.75) is 32.1 Å². The Kier molecular flexibility index (Phi) is 3.68. The highest BCUT2D eigenvalue weighted by atomic mass is 32.4. The molecule has 0 saturated carbocycles. The molecule has 4 nitrogen and oxygen atoms in total. The van der Waals surface area contributed by atoms with Gasteiger partial charge in [-0.3, -0.25) is 9.45 Å². The molecular weight excluding hydrogens is 335 g/mol. The van der Waals surface area contributed by atoms with Gasteiger partial charge in [-0.05, 0) is 24.5 Å². The van der Waals surface area contributed by atoms with Crippen molar-refractivity contribution in [3.8, 4) is 0 Å². The van der Waals surface area contributed by atoms with Crippen molar-refractivity contribution in [1.29, 1.82) is 0 Å². The largest absolute Gasteiger partial charge is 0.346 e. The molecule has 3 aliphatic heterocycles. The highest BCUT2D eigenvalue weighted by Gasteiger charge is 2.47. The summed E-state index contributed by atoms with van der Waals surface area (Å²) in [5, 5.41) is 5.92. The second kappa shape index (κ2) is 5.42. The van der Waals surface area contributed by atoms with E-state index < -0.39 is 6.34 Å². The normalized spacial score (nSPS) is 32.0. The van der Waals surface area contributed by atoms with E-state index in [-0.39, 0.29) is 5.41 Å². The summed E-state index contributed by atoms with van der Waals surface area (Å²) >= 11 is 6.33. The zero-order chi connectivity index (χ0) is 17.1. The lowest BCUT2D eigenvalue weighted by Gasteiger charge is -2.37. The molecule has 24 heavy (non-hydrogen) atoms.